The number of carbonyl (C=O) groups is 2. The molecule has 0 fully saturated rings. The first kappa shape index (κ1) is 16.0. The Morgan fingerprint density at radius 2 is 1.32 bits per heavy atom. The molecule has 2 aromatic carbocycles. The zero-order valence-corrected chi connectivity index (χ0v) is 12.5. The van der Waals surface area contributed by atoms with Crippen molar-refractivity contribution in [1.29, 1.82) is 0 Å². The minimum Gasteiger partial charge on any atom is -0.462 e. The standard InChI is InChI=1S/C19H20O3/c20-18(16-10-4-1-5-11-16)14-8-3-9-15-22-19(21)17-12-6-2-7-13-17/h1-2,4-7,10-13H,3,8-9,14-15H2. The van der Waals surface area contributed by atoms with Gasteiger partial charge in [0.05, 0.1) is 12.2 Å². The molecule has 0 atom stereocenters. The van der Waals surface area contributed by atoms with Crippen LogP contribution in [0, 0.1) is 0 Å². The Morgan fingerprint density at radius 1 is 0.727 bits per heavy atom. The van der Waals surface area contributed by atoms with Gasteiger partial charge in [0.2, 0.25) is 0 Å². The molecule has 22 heavy (non-hydrogen) atoms. The van der Waals surface area contributed by atoms with Crippen LogP contribution in [0.15, 0.2) is 60.7 Å². The van der Waals surface area contributed by atoms with Crippen LogP contribution in [0.2, 0.25) is 0 Å². The largest absolute Gasteiger partial charge is 0.462 e. The van der Waals surface area contributed by atoms with Crippen molar-refractivity contribution in [1.82, 2.24) is 0 Å². The van der Waals surface area contributed by atoms with Crippen molar-refractivity contribution in [3.8, 4) is 0 Å². The molecular weight excluding hydrogens is 276 g/mol. The fraction of sp³-hybridized carbons (Fsp3) is 0.263. The molecule has 0 spiro atoms. The summed E-state index contributed by atoms with van der Waals surface area (Å²) in [6.45, 7) is 0.396. The van der Waals surface area contributed by atoms with Gasteiger partial charge in [0, 0.05) is 12.0 Å². The van der Waals surface area contributed by atoms with Gasteiger partial charge in [-0.15, -0.1) is 0 Å². The number of ketones is 1. The third-order valence-electron chi connectivity index (χ3n) is 3.39. The molecule has 0 N–H and O–H groups in total. The van der Waals surface area contributed by atoms with Gasteiger partial charge in [0.1, 0.15) is 0 Å². The number of esters is 1. The van der Waals surface area contributed by atoms with Crippen LogP contribution in [0.1, 0.15) is 46.4 Å². The molecule has 0 amide bonds. The van der Waals surface area contributed by atoms with E-state index in [1.54, 1.807) is 12.1 Å². The summed E-state index contributed by atoms with van der Waals surface area (Å²) in [5.74, 6) is -0.122. The number of Topliss-reactive ketones (excluding diaryl/α,β-unsaturated/α-hetero) is 1. The lowest BCUT2D eigenvalue weighted by molar-refractivity contribution is 0.0497. The molecule has 2 aromatic rings. The molecule has 0 bridgehead atoms. The third-order valence-corrected chi connectivity index (χ3v) is 3.39. The first-order chi connectivity index (χ1) is 10.8. The lowest BCUT2D eigenvalue weighted by Gasteiger charge is -2.05. The molecule has 0 aliphatic carbocycles. The number of ether oxygens (including phenoxy) is 1. The Balaban J connectivity index is 1.58. The van der Waals surface area contributed by atoms with E-state index >= 15 is 0 Å². The highest BCUT2D eigenvalue weighted by Crippen LogP contribution is 2.08. The molecule has 0 saturated carbocycles. The van der Waals surface area contributed by atoms with Crippen molar-refractivity contribution in [2.24, 2.45) is 0 Å². The number of hydrogen-bond donors (Lipinski definition) is 0. The Morgan fingerprint density at radius 3 is 1.95 bits per heavy atom. The Kier molecular flexibility index (Phi) is 6.37. The van der Waals surface area contributed by atoms with E-state index < -0.39 is 0 Å². The summed E-state index contributed by atoms with van der Waals surface area (Å²) < 4.78 is 5.20. The second-order valence-electron chi connectivity index (χ2n) is 5.10. The molecule has 0 radical (unpaired) electrons. The molecule has 2 rings (SSSR count). The van der Waals surface area contributed by atoms with Crippen LogP contribution in [0.4, 0.5) is 0 Å². The number of hydrogen-bond acceptors (Lipinski definition) is 3. The van der Waals surface area contributed by atoms with Crippen molar-refractivity contribution in [2.75, 3.05) is 6.61 Å². The fourth-order valence-corrected chi connectivity index (χ4v) is 2.16. The number of carbonyl (C=O) groups excluding carboxylic acids is 2. The van der Waals surface area contributed by atoms with Crippen LogP contribution >= 0.6 is 0 Å². The smallest absolute Gasteiger partial charge is 0.338 e. The summed E-state index contributed by atoms with van der Waals surface area (Å²) in [5.41, 5.74) is 1.33. The van der Waals surface area contributed by atoms with E-state index in [2.05, 4.69) is 0 Å². The van der Waals surface area contributed by atoms with Gasteiger partial charge in [-0.1, -0.05) is 48.5 Å². The predicted octanol–water partition coefficient (Wildman–Crippen LogP) is 4.29. The normalized spacial score (nSPS) is 10.2. The van der Waals surface area contributed by atoms with E-state index in [1.807, 2.05) is 48.5 Å². The highest BCUT2D eigenvalue weighted by molar-refractivity contribution is 5.95. The maximum Gasteiger partial charge on any atom is 0.338 e. The summed E-state index contributed by atoms with van der Waals surface area (Å²) in [6.07, 6.45) is 3.01. The minimum absolute atomic E-state index is 0.168. The van der Waals surface area contributed by atoms with Crippen LogP contribution in [0.5, 0.6) is 0 Å². The van der Waals surface area contributed by atoms with E-state index in [1.165, 1.54) is 0 Å². The van der Waals surface area contributed by atoms with Gasteiger partial charge in [-0.05, 0) is 31.4 Å². The monoisotopic (exact) mass is 296 g/mol. The average Bonchev–Trinajstić information content (AvgIpc) is 2.59. The first-order valence-corrected chi connectivity index (χ1v) is 7.58. The van der Waals surface area contributed by atoms with Gasteiger partial charge in [-0.25, -0.2) is 4.79 Å². The van der Waals surface area contributed by atoms with Crippen molar-refractivity contribution < 1.29 is 14.3 Å². The van der Waals surface area contributed by atoms with E-state index in [0.29, 0.717) is 18.6 Å². The maximum atomic E-state index is 11.9. The summed E-state index contributed by atoms with van der Waals surface area (Å²) in [4.78, 5) is 23.6. The van der Waals surface area contributed by atoms with Crippen LogP contribution in [-0.2, 0) is 4.74 Å². The quantitative estimate of drug-likeness (QED) is 0.415. The minimum atomic E-state index is -0.291. The molecule has 3 nitrogen and oxygen atoms in total. The summed E-state index contributed by atoms with van der Waals surface area (Å²) >= 11 is 0. The molecule has 3 heteroatoms. The molecule has 114 valence electrons. The van der Waals surface area contributed by atoms with E-state index in [4.69, 9.17) is 4.74 Å². The molecular formula is C19H20O3. The molecule has 0 aliphatic rings. The topological polar surface area (TPSA) is 43.4 Å². The van der Waals surface area contributed by atoms with Crippen molar-refractivity contribution in [3.05, 3.63) is 71.8 Å². The fourth-order valence-electron chi connectivity index (χ4n) is 2.16. The second kappa shape index (κ2) is 8.78. The summed E-state index contributed by atoms with van der Waals surface area (Å²) in [6, 6.07) is 18.3. The summed E-state index contributed by atoms with van der Waals surface area (Å²) in [5, 5.41) is 0. The van der Waals surface area contributed by atoms with Crippen LogP contribution in [0.25, 0.3) is 0 Å². The van der Waals surface area contributed by atoms with Crippen molar-refractivity contribution in [3.63, 3.8) is 0 Å². The molecule has 0 aliphatic heterocycles. The lowest BCUT2D eigenvalue weighted by Crippen LogP contribution is -2.06. The zero-order chi connectivity index (χ0) is 15.6. The third kappa shape index (κ3) is 5.17. The first-order valence-electron chi connectivity index (χ1n) is 7.58. The molecule has 0 saturated heterocycles. The van der Waals surface area contributed by atoms with Crippen molar-refractivity contribution in [2.45, 2.75) is 25.7 Å². The van der Waals surface area contributed by atoms with Crippen LogP contribution < -0.4 is 0 Å². The average molecular weight is 296 g/mol. The van der Waals surface area contributed by atoms with E-state index in [9.17, 15) is 9.59 Å². The number of rotatable bonds is 8. The van der Waals surface area contributed by atoms with Gasteiger partial charge in [-0.3, -0.25) is 4.79 Å². The Bertz CT molecular complexity index is 535. The molecule has 0 heterocycles. The molecule has 0 aromatic heterocycles. The molecule has 0 unspecified atom stereocenters. The second-order valence-corrected chi connectivity index (χ2v) is 5.10. The SMILES string of the molecule is O=C(CCCCCOC(=O)c1ccccc1)c1ccccc1. The van der Waals surface area contributed by atoms with Crippen molar-refractivity contribution >= 4 is 11.8 Å². The van der Waals surface area contributed by atoms with Gasteiger partial charge in [0.25, 0.3) is 0 Å². The maximum absolute atomic E-state index is 11.9. The van der Waals surface area contributed by atoms with E-state index in [-0.39, 0.29) is 11.8 Å². The van der Waals surface area contributed by atoms with Gasteiger partial charge >= 0.3 is 5.97 Å². The number of unbranched alkanes of at least 4 members (excludes halogenated alkanes) is 2. The highest BCUT2D eigenvalue weighted by Gasteiger charge is 2.06. The zero-order valence-electron chi connectivity index (χ0n) is 12.5. The van der Waals surface area contributed by atoms with Crippen LogP contribution in [0.3, 0.4) is 0 Å². The van der Waals surface area contributed by atoms with Gasteiger partial charge in [-0.2, -0.15) is 0 Å². The van der Waals surface area contributed by atoms with Gasteiger partial charge < -0.3 is 4.74 Å². The predicted molar refractivity (Wildman–Crippen MR) is 86.0 cm³/mol. The van der Waals surface area contributed by atoms with Crippen LogP contribution in [-0.4, -0.2) is 18.4 Å². The number of benzene rings is 2. The Labute approximate surface area is 130 Å². The highest BCUT2D eigenvalue weighted by atomic mass is 16.5. The summed E-state index contributed by atoms with van der Waals surface area (Å²) in [7, 11) is 0. The van der Waals surface area contributed by atoms with Gasteiger partial charge in [0.15, 0.2) is 5.78 Å². The Hall–Kier alpha value is -2.42. The van der Waals surface area contributed by atoms with E-state index in [0.717, 1.165) is 24.8 Å². The lowest BCUT2D eigenvalue weighted by atomic mass is 10.1.